The molecule has 1 saturated heterocycles. The van der Waals surface area contributed by atoms with E-state index in [1.54, 1.807) is 47.4 Å². The molecule has 9 heteroatoms. The lowest BCUT2D eigenvalue weighted by Crippen LogP contribution is -2.53. The molecule has 3 N–H and O–H groups in total. The summed E-state index contributed by atoms with van der Waals surface area (Å²) in [6.45, 7) is 0.259. The predicted octanol–water partition coefficient (Wildman–Crippen LogP) is 3.76. The van der Waals surface area contributed by atoms with Crippen LogP contribution in [0.1, 0.15) is 22.6 Å². The first kappa shape index (κ1) is 25.8. The quantitative estimate of drug-likeness (QED) is 0.426. The molecule has 3 aromatic carbocycles. The van der Waals surface area contributed by atoms with Gasteiger partial charge in [-0.05, 0) is 41.0 Å². The van der Waals surface area contributed by atoms with Crippen molar-refractivity contribution in [3.05, 3.63) is 106 Å². The minimum atomic E-state index is -1.25. The van der Waals surface area contributed by atoms with E-state index in [9.17, 15) is 28.6 Å². The summed E-state index contributed by atoms with van der Waals surface area (Å²) in [5, 5.41) is 23.4. The summed E-state index contributed by atoms with van der Waals surface area (Å²) >= 11 is 5.79. The lowest BCUT2D eigenvalue weighted by Gasteiger charge is -2.27. The van der Waals surface area contributed by atoms with Gasteiger partial charge in [0.25, 0.3) is 0 Å². The zero-order valence-electron chi connectivity index (χ0n) is 19.2. The van der Waals surface area contributed by atoms with E-state index in [-0.39, 0.29) is 24.5 Å². The van der Waals surface area contributed by atoms with Crippen LogP contribution in [0.4, 0.5) is 8.78 Å². The van der Waals surface area contributed by atoms with Crippen molar-refractivity contribution in [2.75, 3.05) is 6.54 Å². The average Bonchev–Trinajstić information content (AvgIpc) is 3.17. The van der Waals surface area contributed by atoms with Crippen molar-refractivity contribution in [2.45, 2.75) is 37.1 Å². The summed E-state index contributed by atoms with van der Waals surface area (Å²) in [6, 6.07) is 16.5. The number of amides is 1. The van der Waals surface area contributed by atoms with Crippen molar-refractivity contribution < 1.29 is 28.6 Å². The van der Waals surface area contributed by atoms with Crippen LogP contribution in [0.25, 0.3) is 0 Å². The van der Waals surface area contributed by atoms with Crippen LogP contribution in [-0.2, 0) is 22.6 Å². The Balaban J connectivity index is 1.60. The fourth-order valence-electron chi connectivity index (χ4n) is 4.61. The lowest BCUT2D eigenvalue weighted by molar-refractivity contribution is -0.143. The van der Waals surface area contributed by atoms with Crippen LogP contribution in [-0.4, -0.2) is 51.7 Å². The Morgan fingerprint density at radius 3 is 2.44 bits per heavy atom. The highest BCUT2D eigenvalue weighted by molar-refractivity contribution is 6.30. The summed E-state index contributed by atoms with van der Waals surface area (Å²) in [5.41, 5.74) is 1.74. The molecule has 0 spiro atoms. The molecule has 0 aromatic heterocycles. The first-order chi connectivity index (χ1) is 17.2. The second-order valence-corrected chi connectivity index (χ2v) is 9.27. The van der Waals surface area contributed by atoms with E-state index in [4.69, 9.17) is 11.6 Å². The molecule has 0 unspecified atom stereocenters. The number of aliphatic hydroxyl groups excluding tert-OH is 1. The Hall–Kier alpha value is -3.33. The molecule has 1 aliphatic rings. The van der Waals surface area contributed by atoms with E-state index in [0.29, 0.717) is 11.1 Å². The zero-order chi connectivity index (χ0) is 25.8. The summed E-state index contributed by atoms with van der Waals surface area (Å²) in [5.74, 6) is -3.61. The van der Waals surface area contributed by atoms with E-state index >= 15 is 0 Å². The van der Waals surface area contributed by atoms with Crippen LogP contribution >= 0.6 is 11.6 Å². The van der Waals surface area contributed by atoms with Crippen molar-refractivity contribution in [1.29, 1.82) is 0 Å². The smallest absolute Gasteiger partial charge is 0.326 e. The fraction of sp³-hybridized carbons (Fsp3) is 0.259. The fourth-order valence-corrected chi connectivity index (χ4v) is 4.73. The number of nitrogens with one attached hydrogen (secondary N) is 1. The van der Waals surface area contributed by atoms with Crippen LogP contribution in [0.15, 0.2) is 72.8 Å². The van der Waals surface area contributed by atoms with Gasteiger partial charge >= 0.3 is 5.97 Å². The molecule has 0 aliphatic carbocycles. The topological polar surface area (TPSA) is 89.9 Å². The third-order valence-corrected chi connectivity index (χ3v) is 6.68. The molecule has 1 aliphatic heterocycles. The van der Waals surface area contributed by atoms with Crippen molar-refractivity contribution >= 4 is 23.5 Å². The second kappa shape index (κ2) is 11.2. The highest BCUT2D eigenvalue weighted by atomic mass is 35.5. The Kier molecular flexibility index (Phi) is 7.98. The van der Waals surface area contributed by atoms with E-state index < -0.39 is 47.6 Å². The van der Waals surface area contributed by atoms with Gasteiger partial charge in [0.15, 0.2) is 0 Å². The number of benzene rings is 3. The molecule has 0 radical (unpaired) electrons. The van der Waals surface area contributed by atoms with Gasteiger partial charge in [-0.2, -0.15) is 0 Å². The third kappa shape index (κ3) is 5.90. The van der Waals surface area contributed by atoms with E-state index in [1.165, 1.54) is 30.3 Å². The van der Waals surface area contributed by atoms with Gasteiger partial charge < -0.3 is 15.5 Å². The number of carbonyl (C=O) groups is 2. The number of hydrogen-bond acceptors (Lipinski definition) is 4. The first-order valence-electron chi connectivity index (χ1n) is 11.4. The van der Waals surface area contributed by atoms with Gasteiger partial charge in [0.2, 0.25) is 5.91 Å². The minimum absolute atomic E-state index is 0.0441. The van der Waals surface area contributed by atoms with Crippen LogP contribution in [0.5, 0.6) is 0 Å². The first-order valence-corrected chi connectivity index (χ1v) is 11.8. The maximum atomic E-state index is 14.1. The minimum Gasteiger partial charge on any atom is -0.480 e. The second-order valence-electron chi connectivity index (χ2n) is 8.86. The predicted molar refractivity (Wildman–Crippen MR) is 130 cm³/mol. The van der Waals surface area contributed by atoms with Gasteiger partial charge in [-0.15, -0.1) is 0 Å². The highest BCUT2D eigenvalue weighted by Gasteiger charge is 2.46. The Labute approximate surface area is 212 Å². The number of carboxylic acid groups (broad SMARTS) is 1. The van der Waals surface area contributed by atoms with Gasteiger partial charge in [0.1, 0.15) is 23.7 Å². The number of hydrogen-bond donors (Lipinski definition) is 3. The largest absolute Gasteiger partial charge is 0.480 e. The van der Waals surface area contributed by atoms with Crippen molar-refractivity contribution in [3.8, 4) is 0 Å². The molecular weight excluding hydrogens is 490 g/mol. The molecule has 0 saturated carbocycles. The molecule has 3 aromatic rings. The van der Waals surface area contributed by atoms with Crippen molar-refractivity contribution in [1.82, 2.24) is 10.2 Å². The average molecular weight is 515 g/mol. The molecule has 36 heavy (non-hydrogen) atoms. The summed E-state index contributed by atoms with van der Waals surface area (Å²) < 4.78 is 28.0. The monoisotopic (exact) mass is 514 g/mol. The molecule has 0 bridgehead atoms. The number of carboxylic acids is 1. The molecule has 6 nitrogen and oxygen atoms in total. The Morgan fingerprint density at radius 2 is 1.78 bits per heavy atom. The SMILES string of the molecule is O=C(O)[C@H](Cc1ccccc1)NC(=O)[C@H]1[C@@H](O)[C@H](c2cccc(F)c2)CN1Cc1ccc(Cl)c(F)c1. The van der Waals surface area contributed by atoms with Gasteiger partial charge in [0.05, 0.1) is 11.1 Å². The van der Waals surface area contributed by atoms with Crippen molar-refractivity contribution in [3.63, 3.8) is 0 Å². The standard InChI is InChI=1S/C27H25ClF2N2O4/c28-21-10-9-17(11-22(21)30)14-32-15-20(18-7-4-8-19(29)13-18)25(33)24(32)26(34)31-23(27(35)36)12-16-5-2-1-3-6-16/h1-11,13,20,23-25,33H,12,14-15H2,(H,31,34)(H,35,36)/t20-,23-,24+,25-/m0/s1. The number of aliphatic hydroxyl groups is 1. The lowest BCUT2D eigenvalue weighted by atomic mass is 9.93. The summed E-state index contributed by atoms with van der Waals surface area (Å²) in [7, 11) is 0. The van der Waals surface area contributed by atoms with E-state index in [2.05, 4.69) is 5.32 Å². The van der Waals surface area contributed by atoms with Crippen LogP contribution < -0.4 is 5.32 Å². The summed E-state index contributed by atoms with van der Waals surface area (Å²) in [4.78, 5) is 26.9. The molecule has 188 valence electrons. The molecule has 4 atom stereocenters. The van der Waals surface area contributed by atoms with Crippen LogP contribution in [0.3, 0.4) is 0 Å². The maximum Gasteiger partial charge on any atom is 0.326 e. The molecular formula is C27H25ClF2N2O4. The van der Waals surface area contributed by atoms with Crippen molar-refractivity contribution in [2.24, 2.45) is 0 Å². The van der Waals surface area contributed by atoms with E-state index in [0.717, 1.165) is 5.56 Å². The van der Waals surface area contributed by atoms with E-state index in [1.807, 2.05) is 0 Å². The molecule has 1 heterocycles. The number of halogens is 3. The van der Waals surface area contributed by atoms with Crippen LogP contribution in [0.2, 0.25) is 5.02 Å². The number of nitrogens with zero attached hydrogens (tertiary/aromatic N) is 1. The van der Waals surface area contributed by atoms with Gasteiger partial charge in [0, 0.05) is 25.4 Å². The number of carbonyl (C=O) groups excluding carboxylic acids is 1. The third-order valence-electron chi connectivity index (χ3n) is 6.37. The number of likely N-dealkylation sites (tertiary alicyclic amines) is 1. The highest BCUT2D eigenvalue weighted by Crippen LogP contribution is 2.34. The molecule has 4 rings (SSSR count). The Bertz CT molecular complexity index is 1240. The van der Waals surface area contributed by atoms with Gasteiger partial charge in [-0.1, -0.05) is 60.1 Å². The van der Waals surface area contributed by atoms with Gasteiger partial charge in [-0.25, -0.2) is 13.6 Å². The molecule has 1 amide bonds. The number of rotatable bonds is 8. The van der Waals surface area contributed by atoms with Crippen LogP contribution in [0, 0.1) is 11.6 Å². The normalized spacial score (nSPS) is 20.7. The Morgan fingerprint density at radius 1 is 1.03 bits per heavy atom. The zero-order valence-corrected chi connectivity index (χ0v) is 19.9. The number of aliphatic carboxylic acids is 1. The summed E-state index contributed by atoms with van der Waals surface area (Å²) in [6.07, 6.45) is -1.20. The maximum absolute atomic E-state index is 14.1. The molecule has 1 fully saturated rings. The van der Waals surface area contributed by atoms with Gasteiger partial charge in [-0.3, -0.25) is 9.69 Å².